The van der Waals surface area contributed by atoms with E-state index in [-0.39, 0.29) is 5.91 Å². The van der Waals surface area contributed by atoms with Gasteiger partial charge in [0.05, 0.1) is 19.8 Å². The van der Waals surface area contributed by atoms with E-state index < -0.39 is 0 Å². The minimum atomic E-state index is 0.278. The van der Waals surface area contributed by atoms with Gasteiger partial charge in [0.15, 0.2) is 0 Å². The van der Waals surface area contributed by atoms with Gasteiger partial charge in [-0.3, -0.25) is 14.6 Å². The lowest BCUT2D eigenvalue weighted by Crippen LogP contribution is -2.52. The van der Waals surface area contributed by atoms with Crippen molar-refractivity contribution >= 4 is 5.91 Å². The Labute approximate surface area is 103 Å². The van der Waals surface area contributed by atoms with Crippen LogP contribution >= 0.6 is 0 Å². The second-order valence-electron chi connectivity index (χ2n) is 4.70. The van der Waals surface area contributed by atoms with E-state index in [1.165, 1.54) is 0 Å². The molecule has 98 valence electrons. The van der Waals surface area contributed by atoms with Gasteiger partial charge in [-0.15, -0.1) is 0 Å². The van der Waals surface area contributed by atoms with Crippen LogP contribution in [0.1, 0.15) is 6.92 Å². The summed E-state index contributed by atoms with van der Waals surface area (Å²) in [4.78, 5) is 18.4. The van der Waals surface area contributed by atoms with Gasteiger partial charge in [-0.05, 0) is 6.92 Å². The van der Waals surface area contributed by atoms with Crippen molar-refractivity contribution in [2.45, 2.75) is 6.92 Å². The lowest BCUT2D eigenvalue weighted by molar-refractivity contribution is -0.135. The molecule has 0 N–H and O–H groups in total. The molecule has 5 nitrogen and oxygen atoms in total. The first-order valence-corrected chi connectivity index (χ1v) is 6.60. The van der Waals surface area contributed by atoms with Crippen LogP contribution in [-0.2, 0) is 9.53 Å². The zero-order valence-corrected chi connectivity index (χ0v) is 10.7. The summed E-state index contributed by atoms with van der Waals surface area (Å²) in [5.74, 6) is 0.278. The highest BCUT2D eigenvalue weighted by molar-refractivity contribution is 5.78. The van der Waals surface area contributed by atoms with Crippen molar-refractivity contribution in [2.75, 3.05) is 65.6 Å². The second kappa shape index (κ2) is 6.33. The molecule has 5 heteroatoms. The van der Waals surface area contributed by atoms with Crippen LogP contribution in [0.4, 0.5) is 0 Å². The normalized spacial score (nSPS) is 24.3. The smallest absolute Gasteiger partial charge is 0.236 e. The minimum Gasteiger partial charge on any atom is -0.379 e. The van der Waals surface area contributed by atoms with Crippen molar-refractivity contribution in [2.24, 2.45) is 0 Å². The number of likely N-dealkylation sites (N-methyl/N-ethyl adjacent to an activating group) is 1. The second-order valence-corrected chi connectivity index (χ2v) is 4.70. The lowest BCUT2D eigenvalue weighted by Gasteiger charge is -2.35. The van der Waals surface area contributed by atoms with Crippen LogP contribution in [0.5, 0.6) is 0 Å². The number of hydrogen-bond donors (Lipinski definition) is 0. The molecule has 0 aromatic rings. The van der Waals surface area contributed by atoms with Crippen molar-refractivity contribution in [3.8, 4) is 0 Å². The Morgan fingerprint density at radius 3 is 2.41 bits per heavy atom. The maximum atomic E-state index is 11.7. The van der Waals surface area contributed by atoms with Crippen LogP contribution in [0, 0.1) is 0 Å². The third kappa shape index (κ3) is 3.66. The zero-order chi connectivity index (χ0) is 12.1. The molecule has 17 heavy (non-hydrogen) atoms. The molecule has 2 saturated heterocycles. The molecule has 0 aromatic heterocycles. The summed E-state index contributed by atoms with van der Waals surface area (Å²) in [5.41, 5.74) is 0. The summed E-state index contributed by atoms with van der Waals surface area (Å²) in [5, 5.41) is 0. The van der Waals surface area contributed by atoms with Crippen molar-refractivity contribution in [1.29, 1.82) is 0 Å². The summed E-state index contributed by atoms with van der Waals surface area (Å²) in [7, 11) is 0. The van der Waals surface area contributed by atoms with E-state index in [9.17, 15) is 4.79 Å². The Kier molecular flexibility index (Phi) is 4.76. The molecule has 0 aliphatic carbocycles. The Balaban J connectivity index is 1.68. The number of piperazine rings is 1. The van der Waals surface area contributed by atoms with E-state index in [1.807, 2.05) is 11.8 Å². The maximum Gasteiger partial charge on any atom is 0.236 e. The SMILES string of the molecule is CCN1CCN(CCN2CCOCC2)CC1=O. The number of hydrogen-bond acceptors (Lipinski definition) is 4. The molecule has 0 aromatic carbocycles. The summed E-state index contributed by atoms with van der Waals surface area (Å²) in [6.07, 6.45) is 0. The molecule has 0 radical (unpaired) electrons. The number of ether oxygens (including phenoxy) is 1. The summed E-state index contributed by atoms with van der Waals surface area (Å²) >= 11 is 0. The summed E-state index contributed by atoms with van der Waals surface area (Å²) in [6, 6.07) is 0. The fraction of sp³-hybridized carbons (Fsp3) is 0.917. The first kappa shape index (κ1) is 12.8. The van der Waals surface area contributed by atoms with E-state index in [2.05, 4.69) is 9.80 Å². The van der Waals surface area contributed by atoms with E-state index in [0.29, 0.717) is 6.54 Å². The Morgan fingerprint density at radius 1 is 1.06 bits per heavy atom. The first-order chi connectivity index (χ1) is 8.29. The van der Waals surface area contributed by atoms with E-state index in [0.717, 1.165) is 59.0 Å². The molecule has 0 saturated carbocycles. The summed E-state index contributed by atoms with van der Waals surface area (Å²) < 4.78 is 5.32. The molecular formula is C12H23N3O2. The van der Waals surface area contributed by atoms with Gasteiger partial charge >= 0.3 is 0 Å². The summed E-state index contributed by atoms with van der Waals surface area (Å²) in [6.45, 7) is 11.2. The predicted molar refractivity (Wildman–Crippen MR) is 66.0 cm³/mol. The molecule has 0 unspecified atom stereocenters. The quantitative estimate of drug-likeness (QED) is 0.664. The van der Waals surface area contributed by atoms with Crippen molar-refractivity contribution in [3.05, 3.63) is 0 Å². The first-order valence-electron chi connectivity index (χ1n) is 6.60. The largest absolute Gasteiger partial charge is 0.379 e. The Morgan fingerprint density at radius 2 is 1.76 bits per heavy atom. The van der Waals surface area contributed by atoms with Gasteiger partial charge in [0.1, 0.15) is 0 Å². The zero-order valence-electron chi connectivity index (χ0n) is 10.7. The van der Waals surface area contributed by atoms with Gasteiger partial charge < -0.3 is 9.64 Å². The molecule has 2 aliphatic heterocycles. The fourth-order valence-electron chi connectivity index (χ4n) is 2.39. The molecule has 2 aliphatic rings. The van der Waals surface area contributed by atoms with E-state index >= 15 is 0 Å². The van der Waals surface area contributed by atoms with Crippen molar-refractivity contribution in [3.63, 3.8) is 0 Å². The number of carbonyl (C=O) groups excluding carboxylic acids is 1. The highest BCUT2D eigenvalue weighted by Crippen LogP contribution is 2.04. The fourth-order valence-corrected chi connectivity index (χ4v) is 2.39. The van der Waals surface area contributed by atoms with Gasteiger partial charge in [-0.25, -0.2) is 0 Å². The average molecular weight is 241 g/mol. The van der Waals surface area contributed by atoms with Gasteiger partial charge in [0, 0.05) is 45.8 Å². The highest BCUT2D eigenvalue weighted by Gasteiger charge is 2.22. The van der Waals surface area contributed by atoms with Crippen LogP contribution in [0.3, 0.4) is 0 Å². The van der Waals surface area contributed by atoms with Gasteiger partial charge in [-0.2, -0.15) is 0 Å². The average Bonchev–Trinajstić information content (AvgIpc) is 2.38. The van der Waals surface area contributed by atoms with Gasteiger partial charge in [0.2, 0.25) is 5.91 Å². The monoisotopic (exact) mass is 241 g/mol. The lowest BCUT2D eigenvalue weighted by atomic mass is 10.3. The van der Waals surface area contributed by atoms with Crippen molar-refractivity contribution < 1.29 is 9.53 Å². The Bertz CT molecular complexity index is 254. The van der Waals surface area contributed by atoms with Gasteiger partial charge in [0.25, 0.3) is 0 Å². The number of morpholine rings is 1. The molecular weight excluding hydrogens is 218 g/mol. The maximum absolute atomic E-state index is 11.7. The molecule has 1 amide bonds. The third-order valence-electron chi connectivity index (χ3n) is 3.62. The molecule has 0 bridgehead atoms. The topological polar surface area (TPSA) is 36.0 Å². The minimum absolute atomic E-state index is 0.278. The molecule has 0 spiro atoms. The molecule has 2 rings (SSSR count). The van der Waals surface area contributed by atoms with Crippen LogP contribution in [0.2, 0.25) is 0 Å². The predicted octanol–water partition coefficient (Wildman–Crippen LogP) is -0.517. The third-order valence-corrected chi connectivity index (χ3v) is 3.62. The standard InChI is InChI=1S/C12H23N3O2/c1-2-15-6-5-14(11-12(15)16)4-3-13-7-9-17-10-8-13/h2-11H2,1H3. The number of amides is 1. The number of nitrogens with zero attached hydrogens (tertiary/aromatic N) is 3. The van der Waals surface area contributed by atoms with E-state index in [4.69, 9.17) is 4.74 Å². The van der Waals surface area contributed by atoms with Gasteiger partial charge in [-0.1, -0.05) is 0 Å². The van der Waals surface area contributed by atoms with Crippen LogP contribution < -0.4 is 0 Å². The molecule has 2 heterocycles. The van der Waals surface area contributed by atoms with Crippen LogP contribution in [-0.4, -0.2) is 86.2 Å². The van der Waals surface area contributed by atoms with Crippen molar-refractivity contribution in [1.82, 2.24) is 14.7 Å². The van der Waals surface area contributed by atoms with E-state index in [1.54, 1.807) is 0 Å². The van der Waals surface area contributed by atoms with Crippen LogP contribution in [0.15, 0.2) is 0 Å². The molecule has 0 atom stereocenters. The Hall–Kier alpha value is -0.650. The molecule has 2 fully saturated rings. The number of rotatable bonds is 4. The van der Waals surface area contributed by atoms with Crippen LogP contribution in [0.25, 0.3) is 0 Å². The highest BCUT2D eigenvalue weighted by atomic mass is 16.5. The number of carbonyl (C=O) groups is 1.